The normalized spacial score (nSPS) is 16.2. The number of carbonyl (C=O) groups is 1. The monoisotopic (exact) mass is 403 g/mol. The molecule has 2 aromatic carbocycles. The molecule has 1 amide bonds. The van der Waals surface area contributed by atoms with Crippen molar-refractivity contribution in [3.8, 4) is 5.75 Å². The van der Waals surface area contributed by atoms with Gasteiger partial charge in [-0.05, 0) is 60.6 Å². The standard InChI is InChI=1S/C25H29N3O2/c1-27-24-12-6-11-22(24)23(26-27)16-28(20-9-4-5-10-20)25(29)17-30-21-14-13-18-7-2-3-8-19(18)15-21/h2-3,7-8,13-15,20H,4-6,9-12,16-17H2,1H3. The highest BCUT2D eigenvalue weighted by Gasteiger charge is 2.30. The number of hydrogen-bond donors (Lipinski definition) is 0. The Labute approximate surface area is 177 Å². The Morgan fingerprint density at radius 3 is 2.73 bits per heavy atom. The highest BCUT2D eigenvalue weighted by atomic mass is 16.5. The molecule has 1 saturated carbocycles. The summed E-state index contributed by atoms with van der Waals surface area (Å²) in [6.45, 7) is 0.678. The molecule has 0 radical (unpaired) electrons. The summed E-state index contributed by atoms with van der Waals surface area (Å²) in [5.74, 6) is 0.805. The van der Waals surface area contributed by atoms with E-state index in [-0.39, 0.29) is 12.5 Å². The van der Waals surface area contributed by atoms with E-state index in [0.717, 1.165) is 42.5 Å². The molecule has 0 aliphatic heterocycles. The smallest absolute Gasteiger partial charge is 0.261 e. The third-order valence-electron chi connectivity index (χ3n) is 6.69. The largest absolute Gasteiger partial charge is 0.484 e. The van der Waals surface area contributed by atoms with Crippen LogP contribution in [-0.4, -0.2) is 33.2 Å². The molecule has 5 heteroatoms. The van der Waals surface area contributed by atoms with Gasteiger partial charge in [0.05, 0.1) is 12.2 Å². The fourth-order valence-electron chi connectivity index (χ4n) is 5.11. The molecule has 0 saturated heterocycles. The van der Waals surface area contributed by atoms with Crippen LogP contribution in [0.4, 0.5) is 0 Å². The number of aromatic nitrogens is 2. The van der Waals surface area contributed by atoms with Gasteiger partial charge in [-0.15, -0.1) is 0 Å². The molecule has 2 aliphatic rings. The minimum atomic E-state index is 0.0625. The van der Waals surface area contributed by atoms with Gasteiger partial charge in [0.15, 0.2) is 6.61 Å². The van der Waals surface area contributed by atoms with Gasteiger partial charge in [0.2, 0.25) is 0 Å². The van der Waals surface area contributed by atoms with Crippen LogP contribution in [-0.2, 0) is 31.2 Å². The fraction of sp³-hybridized carbons (Fsp3) is 0.440. The van der Waals surface area contributed by atoms with Gasteiger partial charge < -0.3 is 9.64 Å². The van der Waals surface area contributed by atoms with Crippen LogP contribution in [0.1, 0.15) is 49.1 Å². The van der Waals surface area contributed by atoms with Gasteiger partial charge in [-0.3, -0.25) is 9.48 Å². The number of nitrogens with zero attached hydrogens (tertiary/aromatic N) is 3. The van der Waals surface area contributed by atoms with Gasteiger partial charge in [0, 0.05) is 18.8 Å². The zero-order valence-electron chi connectivity index (χ0n) is 17.6. The van der Waals surface area contributed by atoms with Crippen LogP contribution in [0.15, 0.2) is 42.5 Å². The Bertz CT molecular complexity index is 1070. The average molecular weight is 404 g/mol. The van der Waals surface area contributed by atoms with Crippen molar-refractivity contribution in [3.63, 3.8) is 0 Å². The van der Waals surface area contributed by atoms with E-state index in [1.807, 2.05) is 47.0 Å². The van der Waals surface area contributed by atoms with Crippen molar-refractivity contribution < 1.29 is 9.53 Å². The SMILES string of the molecule is Cn1nc(CN(C(=O)COc2ccc3ccccc3c2)C2CCCC2)c2c1CCC2. The van der Waals surface area contributed by atoms with Gasteiger partial charge >= 0.3 is 0 Å². The molecule has 0 unspecified atom stereocenters. The minimum absolute atomic E-state index is 0.0625. The van der Waals surface area contributed by atoms with E-state index in [2.05, 4.69) is 12.1 Å². The zero-order chi connectivity index (χ0) is 20.5. The molecule has 5 rings (SSSR count). The van der Waals surface area contributed by atoms with Gasteiger partial charge in [0.25, 0.3) is 5.91 Å². The maximum atomic E-state index is 13.2. The first-order chi connectivity index (χ1) is 14.7. The fourth-order valence-corrected chi connectivity index (χ4v) is 5.11. The number of carbonyl (C=O) groups excluding carboxylic acids is 1. The Morgan fingerprint density at radius 2 is 1.90 bits per heavy atom. The number of benzene rings is 2. The van der Waals surface area contributed by atoms with Gasteiger partial charge in [-0.2, -0.15) is 5.10 Å². The summed E-state index contributed by atoms with van der Waals surface area (Å²) in [5.41, 5.74) is 3.79. The number of hydrogen-bond acceptors (Lipinski definition) is 3. The molecule has 2 aliphatic carbocycles. The van der Waals surface area contributed by atoms with Gasteiger partial charge in [-0.1, -0.05) is 43.2 Å². The van der Waals surface area contributed by atoms with E-state index >= 15 is 0 Å². The Morgan fingerprint density at radius 1 is 1.10 bits per heavy atom. The molecule has 1 heterocycles. The molecule has 0 bridgehead atoms. The summed E-state index contributed by atoms with van der Waals surface area (Å²) in [4.78, 5) is 15.3. The van der Waals surface area contributed by atoms with Crippen LogP contribution in [0, 0.1) is 0 Å². The second kappa shape index (κ2) is 8.13. The predicted molar refractivity (Wildman–Crippen MR) is 117 cm³/mol. The topological polar surface area (TPSA) is 47.4 Å². The molecular formula is C25H29N3O2. The summed E-state index contributed by atoms with van der Waals surface area (Å²) in [7, 11) is 2.03. The summed E-state index contributed by atoms with van der Waals surface area (Å²) in [5, 5.41) is 7.06. The average Bonchev–Trinajstić information content (AvgIpc) is 3.51. The molecule has 156 valence electrons. The molecule has 5 nitrogen and oxygen atoms in total. The van der Waals surface area contributed by atoms with Crippen LogP contribution in [0.3, 0.4) is 0 Å². The maximum Gasteiger partial charge on any atom is 0.261 e. The first-order valence-corrected chi connectivity index (χ1v) is 11.1. The summed E-state index contributed by atoms with van der Waals surface area (Å²) < 4.78 is 7.95. The quantitative estimate of drug-likeness (QED) is 0.612. The van der Waals surface area contributed by atoms with Crippen LogP contribution in [0.2, 0.25) is 0 Å². The number of ether oxygens (including phenoxy) is 1. The predicted octanol–water partition coefficient (Wildman–Crippen LogP) is 4.41. The second-order valence-electron chi connectivity index (χ2n) is 8.61. The third-order valence-corrected chi connectivity index (χ3v) is 6.69. The number of rotatable bonds is 6. The lowest BCUT2D eigenvalue weighted by Gasteiger charge is -2.28. The highest BCUT2D eigenvalue weighted by molar-refractivity contribution is 5.84. The van der Waals surface area contributed by atoms with Crippen LogP contribution in [0.25, 0.3) is 10.8 Å². The first-order valence-electron chi connectivity index (χ1n) is 11.1. The minimum Gasteiger partial charge on any atom is -0.484 e. The molecule has 1 aromatic heterocycles. The van der Waals surface area contributed by atoms with Crippen LogP contribution < -0.4 is 4.74 Å². The molecule has 30 heavy (non-hydrogen) atoms. The first kappa shape index (κ1) is 19.2. The second-order valence-corrected chi connectivity index (χ2v) is 8.61. The van der Waals surface area contributed by atoms with Crippen LogP contribution >= 0.6 is 0 Å². The van der Waals surface area contributed by atoms with Crippen molar-refractivity contribution in [3.05, 3.63) is 59.4 Å². The molecule has 0 spiro atoms. The van der Waals surface area contributed by atoms with E-state index < -0.39 is 0 Å². The van der Waals surface area contributed by atoms with Crippen molar-refractivity contribution >= 4 is 16.7 Å². The van der Waals surface area contributed by atoms with E-state index in [1.165, 1.54) is 35.9 Å². The van der Waals surface area contributed by atoms with Crippen molar-refractivity contribution in [2.24, 2.45) is 7.05 Å². The molecule has 0 atom stereocenters. The molecule has 3 aromatic rings. The lowest BCUT2D eigenvalue weighted by atomic mass is 10.1. The summed E-state index contributed by atoms with van der Waals surface area (Å²) >= 11 is 0. The Kier molecular flexibility index (Phi) is 5.19. The Hall–Kier alpha value is -2.82. The lowest BCUT2D eigenvalue weighted by molar-refractivity contribution is -0.136. The van der Waals surface area contributed by atoms with Crippen molar-refractivity contribution in [1.82, 2.24) is 14.7 Å². The maximum absolute atomic E-state index is 13.2. The molecule has 0 N–H and O–H groups in total. The number of fused-ring (bicyclic) bond motifs is 2. The van der Waals surface area contributed by atoms with Crippen molar-refractivity contribution in [1.29, 1.82) is 0 Å². The zero-order valence-corrected chi connectivity index (χ0v) is 17.6. The van der Waals surface area contributed by atoms with Gasteiger partial charge in [-0.25, -0.2) is 0 Å². The lowest BCUT2D eigenvalue weighted by Crippen LogP contribution is -2.41. The number of aryl methyl sites for hydroxylation is 1. The van der Waals surface area contributed by atoms with E-state index in [4.69, 9.17) is 9.84 Å². The molecular weight excluding hydrogens is 374 g/mol. The molecule has 1 fully saturated rings. The summed E-state index contributed by atoms with van der Waals surface area (Å²) in [6, 6.07) is 14.5. The van der Waals surface area contributed by atoms with E-state index in [9.17, 15) is 4.79 Å². The van der Waals surface area contributed by atoms with Gasteiger partial charge in [0.1, 0.15) is 5.75 Å². The highest BCUT2D eigenvalue weighted by Crippen LogP contribution is 2.29. The van der Waals surface area contributed by atoms with Crippen LogP contribution in [0.5, 0.6) is 5.75 Å². The Balaban J connectivity index is 1.32. The third kappa shape index (κ3) is 3.69. The van der Waals surface area contributed by atoms with E-state index in [1.54, 1.807) is 0 Å². The summed E-state index contributed by atoms with van der Waals surface area (Å²) in [6.07, 6.45) is 7.92. The van der Waals surface area contributed by atoms with Crippen molar-refractivity contribution in [2.45, 2.75) is 57.5 Å². The van der Waals surface area contributed by atoms with E-state index in [0.29, 0.717) is 12.6 Å². The van der Waals surface area contributed by atoms with Crippen molar-refractivity contribution in [2.75, 3.05) is 6.61 Å². The number of amides is 1.